The number of ether oxygens (including phenoxy) is 1. The number of fused-ring (bicyclic) bond motifs is 4. The largest absolute Gasteiger partial charge is 0.444 e. The Morgan fingerprint density at radius 2 is 2.00 bits per heavy atom. The van der Waals surface area contributed by atoms with Crippen molar-refractivity contribution in [3.05, 3.63) is 29.3 Å². The van der Waals surface area contributed by atoms with Gasteiger partial charge in [-0.1, -0.05) is 6.07 Å². The van der Waals surface area contributed by atoms with E-state index in [0.29, 0.717) is 32.2 Å². The summed E-state index contributed by atoms with van der Waals surface area (Å²) in [6.07, 6.45) is 2.70. The highest BCUT2D eigenvalue weighted by atomic mass is 32.2. The van der Waals surface area contributed by atoms with Crippen LogP contribution in [0.1, 0.15) is 70.5 Å². The molecule has 226 valence electrons. The molecule has 13 heteroatoms. The van der Waals surface area contributed by atoms with Gasteiger partial charge in [0.2, 0.25) is 21.8 Å². The number of piperazine rings is 1. The van der Waals surface area contributed by atoms with Crippen molar-refractivity contribution < 1.29 is 27.5 Å². The van der Waals surface area contributed by atoms with Crippen LogP contribution in [0.2, 0.25) is 0 Å². The van der Waals surface area contributed by atoms with Crippen molar-refractivity contribution >= 4 is 27.9 Å². The van der Waals surface area contributed by atoms with E-state index in [1.807, 2.05) is 16.7 Å². The Morgan fingerprint density at radius 3 is 2.64 bits per heavy atom. The lowest BCUT2D eigenvalue weighted by Gasteiger charge is -2.40. The number of hydrogen-bond acceptors (Lipinski definition) is 8. The number of likely N-dealkylation sites (tertiary alicyclic amines) is 3. The summed E-state index contributed by atoms with van der Waals surface area (Å²) in [5.41, 5.74) is 0.680. The Hall–Kier alpha value is -3.21. The molecule has 2 aliphatic carbocycles. The first kappa shape index (κ1) is 28.9. The highest BCUT2D eigenvalue weighted by Gasteiger charge is 2.65. The van der Waals surface area contributed by atoms with E-state index in [9.17, 15) is 28.1 Å². The summed E-state index contributed by atoms with van der Waals surface area (Å²) in [4.78, 5) is 46.1. The van der Waals surface area contributed by atoms with Crippen molar-refractivity contribution in [2.24, 2.45) is 11.1 Å². The third-order valence-electron chi connectivity index (χ3n) is 9.68. The maximum absolute atomic E-state index is 14.0. The van der Waals surface area contributed by atoms with Gasteiger partial charge in [0.05, 0.1) is 23.0 Å². The summed E-state index contributed by atoms with van der Waals surface area (Å²) in [7, 11) is -3.82. The van der Waals surface area contributed by atoms with Gasteiger partial charge >= 0.3 is 6.09 Å². The van der Waals surface area contributed by atoms with E-state index in [0.717, 1.165) is 17.5 Å². The first-order chi connectivity index (χ1) is 19.6. The molecule has 1 aromatic carbocycles. The van der Waals surface area contributed by atoms with Gasteiger partial charge in [0, 0.05) is 24.7 Å². The number of primary sulfonamides is 1. The van der Waals surface area contributed by atoms with Crippen LogP contribution in [0.15, 0.2) is 23.1 Å². The number of nitrogens with two attached hydrogens (primary N) is 1. The van der Waals surface area contributed by atoms with Crippen molar-refractivity contribution in [3.63, 3.8) is 0 Å². The highest BCUT2D eigenvalue weighted by Crippen LogP contribution is 2.57. The number of nitrogens with zero attached hydrogens (tertiary/aromatic N) is 4. The number of amides is 3. The summed E-state index contributed by atoms with van der Waals surface area (Å²) in [6.45, 7) is 7.90. The van der Waals surface area contributed by atoms with Gasteiger partial charge in [-0.15, -0.1) is 0 Å². The lowest BCUT2D eigenvalue weighted by Crippen LogP contribution is -2.60. The quantitative estimate of drug-likeness (QED) is 0.496. The van der Waals surface area contributed by atoms with E-state index < -0.39 is 39.8 Å². The zero-order valence-corrected chi connectivity index (χ0v) is 25.2. The molecule has 3 aliphatic heterocycles. The Bertz CT molecular complexity index is 1500. The minimum Gasteiger partial charge on any atom is -0.444 e. The molecule has 0 radical (unpaired) electrons. The molecular formula is C29H38N6O6S. The van der Waals surface area contributed by atoms with Crippen LogP contribution in [0.4, 0.5) is 4.79 Å². The number of aryl methyl sites for hydroxylation is 1. The lowest BCUT2D eigenvalue weighted by molar-refractivity contribution is -0.142. The van der Waals surface area contributed by atoms with Gasteiger partial charge in [0.25, 0.3) is 0 Å². The fourth-order valence-corrected chi connectivity index (χ4v) is 8.26. The lowest BCUT2D eigenvalue weighted by atomic mass is 10.1. The van der Waals surface area contributed by atoms with Crippen molar-refractivity contribution in [2.75, 3.05) is 13.1 Å². The Morgan fingerprint density at radius 1 is 1.26 bits per heavy atom. The second-order valence-corrected chi connectivity index (χ2v) is 15.2. The van der Waals surface area contributed by atoms with E-state index in [4.69, 9.17) is 9.88 Å². The monoisotopic (exact) mass is 598 g/mol. The van der Waals surface area contributed by atoms with Crippen LogP contribution in [0, 0.1) is 17.2 Å². The highest BCUT2D eigenvalue weighted by molar-refractivity contribution is 7.89. The van der Waals surface area contributed by atoms with Gasteiger partial charge in [0.15, 0.2) is 0 Å². The average Bonchev–Trinajstić information content (AvgIpc) is 3.30. The van der Waals surface area contributed by atoms with Crippen molar-refractivity contribution in [1.82, 2.24) is 20.0 Å². The minimum atomic E-state index is -3.82. The summed E-state index contributed by atoms with van der Waals surface area (Å²) in [6, 6.07) is 4.94. The molecule has 3 N–H and O–H groups in total. The van der Waals surface area contributed by atoms with Crippen LogP contribution in [0.25, 0.3) is 0 Å². The molecule has 2 bridgehead atoms. The Kier molecular flexibility index (Phi) is 6.64. The molecule has 5 unspecified atom stereocenters. The van der Waals surface area contributed by atoms with Crippen LogP contribution >= 0.6 is 0 Å². The molecule has 0 spiro atoms. The van der Waals surface area contributed by atoms with Crippen LogP contribution in [-0.2, 0) is 30.8 Å². The maximum atomic E-state index is 14.0. The smallest absolute Gasteiger partial charge is 0.408 e. The van der Waals surface area contributed by atoms with Gasteiger partial charge < -0.3 is 19.9 Å². The molecule has 6 rings (SSSR count). The van der Waals surface area contributed by atoms with Gasteiger partial charge in [-0.05, 0) is 89.0 Å². The van der Waals surface area contributed by atoms with Crippen LogP contribution < -0.4 is 10.5 Å². The first-order valence-corrected chi connectivity index (χ1v) is 16.1. The molecule has 3 saturated heterocycles. The summed E-state index contributed by atoms with van der Waals surface area (Å²) in [5, 5.41) is 17.8. The third kappa shape index (κ3) is 4.83. The molecule has 1 aromatic rings. The number of alkyl carbamates (subject to hydrolysis) is 1. The average molecular weight is 599 g/mol. The van der Waals surface area contributed by atoms with Gasteiger partial charge in [-0.3, -0.25) is 14.5 Å². The maximum Gasteiger partial charge on any atom is 0.408 e. The molecule has 3 amide bonds. The van der Waals surface area contributed by atoms with E-state index in [2.05, 4.69) is 11.4 Å². The molecule has 5 aliphatic rings. The number of carbonyl (C=O) groups is 3. The molecule has 7 atom stereocenters. The predicted octanol–water partition coefficient (Wildman–Crippen LogP) is 1.40. The van der Waals surface area contributed by atoms with E-state index in [-0.39, 0.29) is 46.8 Å². The number of nitriles is 1. The molecule has 4 fully saturated rings. The molecule has 1 saturated carbocycles. The Labute approximate surface area is 246 Å². The molecule has 3 heterocycles. The predicted molar refractivity (Wildman–Crippen MR) is 150 cm³/mol. The zero-order valence-electron chi connectivity index (χ0n) is 24.4. The van der Waals surface area contributed by atoms with Gasteiger partial charge in [-0.2, -0.15) is 5.26 Å². The van der Waals surface area contributed by atoms with Crippen molar-refractivity contribution in [1.29, 1.82) is 5.26 Å². The van der Waals surface area contributed by atoms with Crippen molar-refractivity contribution in [3.8, 4) is 6.07 Å². The number of nitrogens with one attached hydrogen (secondary N) is 1. The summed E-state index contributed by atoms with van der Waals surface area (Å²) >= 11 is 0. The van der Waals surface area contributed by atoms with Crippen molar-refractivity contribution in [2.45, 2.75) is 106 Å². The van der Waals surface area contributed by atoms with Crippen LogP contribution in [0.3, 0.4) is 0 Å². The van der Waals surface area contributed by atoms with Crippen LogP contribution in [-0.4, -0.2) is 89.4 Å². The van der Waals surface area contributed by atoms with Crippen LogP contribution in [0.5, 0.6) is 0 Å². The number of piperidine rings is 1. The molecule has 42 heavy (non-hydrogen) atoms. The minimum absolute atomic E-state index is 0.0339. The van der Waals surface area contributed by atoms with E-state index in [1.165, 1.54) is 6.07 Å². The fraction of sp³-hybridized carbons (Fsp3) is 0.655. The van der Waals surface area contributed by atoms with Gasteiger partial charge in [-0.25, -0.2) is 18.4 Å². The number of rotatable bonds is 6. The molecule has 12 nitrogen and oxygen atoms in total. The summed E-state index contributed by atoms with van der Waals surface area (Å²) < 4.78 is 29.1. The van der Waals surface area contributed by atoms with E-state index >= 15 is 0 Å². The number of sulfonamides is 1. The first-order valence-electron chi connectivity index (χ1n) is 14.5. The number of hydrogen-bond donors (Lipinski definition) is 2. The summed E-state index contributed by atoms with van der Waals surface area (Å²) in [5.74, 6) is -0.0766. The van der Waals surface area contributed by atoms with E-state index in [1.54, 1.807) is 37.8 Å². The molecule has 0 aromatic heterocycles. The SMILES string of the molecule is CC(C)(C)OC(=O)NC(CN1C[C@@H]2CC1C(=O)N2C1CCc2cc(S(N)(=O)=O)ccc21)C(=O)N1C(C#N)CC2C[C@]21C. The topological polar surface area (TPSA) is 166 Å². The zero-order chi connectivity index (χ0) is 30.4. The second kappa shape index (κ2) is 9.65. The number of carbonyl (C=O) groups excluding carboxylic acids is 3. The van der Waals surface area contributed by atoms with Gasteiger partial charge in [0.1, 0.15) is 17.7 Å². The third-order valence-corrected chi connectivity index (χ3v) is 10.6. The number of benzene rings is 1. The normalized spacial score (nSPS) is 32.4. The Balaban J connectivity index is 1.20. The standard InChI is InChI=1S/C29H38N6O6S/c1-28(2,3)41-27(38)32-22(25(36)35-18(13-30)10-17-12-29(17,35)4)15-33-14-19-11-24(33)26(37)34(19)23-8-5-16-9-20(42(31,39)40)6-7-21(16)23/h6-7,9,17-19,22-24H,5,8,10-12,14-15H2,1-4H3,(H,32,38)(H2,31,39,40)/t17?,18?,19-,22?,23?,24?,29+/m0/s1. The second-order valence-electron chi connectivity index (χ2n) is 13.6. The fourth-order valence-electron chi connectivity index (χ4n) is 7.69. The molecular weight excluding hydrogens is 560 g/mol.